The van der Waals surface area contributed by atoms with E-state index in [9.17, 15) is 9.59 Å². The number of benzene rings is 3. The van der Waals surface area contributed by atoms with E-state index in [2.05, 4.69) is 36.9 Å². The number of methoxy groups -OCH3 is 1. The number of hydrogen-bond acceptors (Lipinski definition) is 3. The summed E-state index contributed by atoms with van der Waals surface area (Å²) in [6.45, 7) is 1.36. The predicted molar refractivity (Wildman–Crippen MR) is 122 cm³/mol. The number of carbonyl (C=O) groups excluding carboxylic acids is 2. The standard InChI is InChI=1S/C25H27N3O3/c1-28(2)17-19-10-8-18(9-11-19)16-26-25(30)22-6-4-5-7-23(22)27-24(29)20-12-14-21(31-3)15-13-20/h4-15H,16-17H2,1-3H3,(H,26,30)(H,27,29)/p+1. The van der Waals surface area contributed by atoms with E-state index in [1.807, 2.05) is 12.1 Å². The van der Waals surface area contributed by atoms with Crippen molar-refractivity contribution in [1.29, 1.82) is 0 Å². The zero-order valence-electron chi connectivity index (χ0n) is 18.1. The number of nitrogens with one attached hydrogen (secondary N) is 3. The number of para-hydroxylation sites is 1. The maximum Gasteiger partial charge on any atom is 0.255 e. The molecule has 0 radical (unpaired) electrons. The van der Waals surface area contributed by atoms with E-state index in [1.54, 1.807) is 55.6 Å². The van der Waals surface area contributed by atoms with E-state index in [1.165, 1.54) is 10.5 Å². The van der Waals surface area contributed by atoms with Crippen LogP contribution in [0.5, 0.6) is 5.75 Å². The molecule has 3 aromatic carbocycles. The minimum absolute atomic E-state index is 0.243. The average molecular weight is 419 g/mol. The van der Waals surface area contributed by atoms with E-state index >= 15 is 0 Å². The Balaban J connectivity index is 1.64. The predicted octanol–water partition coefficient (Wildman–Crippen LogP) is 2.52. The summed E-state index contributed by atoms with van der Waals surface area (Å²) >= 11 is 0. The molecule has 31 heavy (non-hydrogen) atoms. The van der Waals surface area contributed by atoms with Crippen LogP contribution in [0.2, 0.25) is 0 Å². The second-order valence-electron chi connectivity index (χ2n) is 7.61. The highest BCUT2D eigenvalue weighted by Gasteiger charge is 2.14. The molecule has 0 bridgehead atoms. The van der Waals surface area contributed by atoms with E-state index in [4.69, 9.17) is 4.74 Å². The fourth-order valence-electron chi connectivity index (χ4n) is 3.19. The maximum atomic E-state index is 12.8. The van der Waals surface area contributed by atoms with Gasteiger partial charge >= 0.3 is 0 Å². The fraction of sp³-hybridized carbons (Fsp3) is 0.200. The van der Waals surface area contributed by atoms with Crippen molar-refractivity contribution in [3.63, 3.8) is 0 Å². The van der Waals surface area contributed by atoms with Gasteiger partial charge in [0.25, 0.3) is 11.8 Å². The number of anilines is 1. The molecule has 0 saturated carbocycles. The Morgan fingerprint density at radius 3 is 2.13 bits per heavy atom. The quantitative estimate of drug-likeness (QED) is 0.526. The van der Waals surface area contributed by atoms with Crippen molar-refractivity contribution in [3.05, 3.63) is 95.1 Å². The third-order valence-electron chi connectivity index (χ3n) is 4.81. The largest absolute Gasteiger partial charge is 0.497 e. The molecule has 0 unspecified atom stereocenters. The highest BCUT2D eigenvalue weighted by atomic mass is 16.5. The number of hydrogen-bond donors (Lipinski definition) is 3. The Hall–Kier alpha value is -3.64. The second kappa shape index (κ2) is 10.4. The first-order valence-corrected chi connectivity index (χ1v) is 10.2. The maximum absolute atomic E-state index is 12.8. The molecule has 6 heteroatoms. The third kappa shape index (κ3) is 6.17. The van der Waals surface area contributed by atoms with Crippen LogP contribution in [0, 0.1) is 0 Å². The van der Waals surface area contributed by atoms with Crippen molar-refractivity contribution in [2.45, 2.75) is 13.1 Å². The first-order valence-electron chi connectivity index (χ1n) is 10.2. The van der Waals surface area contributed by atoms with Crippen LogP contribution in [-0.2, 0) is 13.1 Å². The highest BCUT2D eigenvalue weighted by Crippen LogP contribution is 2.18. The monoisotopic (exact) mass is 418 g/mol. The van der Waals surface area contributed by atoms with Crippen molar-refractivity contribution in [3.8, 4) is 5.75 Å². The minimum atomic E-state index is -0.290. The van der Waals surface area contributed by atoms with Gasteiger partial charge < -0.3 is 20.3 Å². The number of rotatable bonds is 8. The van der Waals surface area contributed by atoms with Crippen LogP contribution in [0.25, 0.3) is 0 Å². The summed E-state index contributed by atoms with van der Waals surface area (Å²) in [7, 11) is 5.79. The van der Waals surface area contributed by atoms with E-state index < -0.39 is 0 Å². The Labute approximate surface area is 182 Å². The average Bonchev–Trinajstić information content (AvgIpc) is 2.78. The van der Waals surface area contributed by atoms with Crippen LogP contribution in [0.4, 0.5) is 5.69 Å². The van der Waals surface area contributed by atoms with Crippen molar-refractivity contribution in [2.24, 2.45) is 0 Å². The molecule has 3 aromatic rings. The smallest absolute Gasteiger partial charge is 0.255 e. The molecule has 3 rings (SSSR count). The number of quaternary nitrogens is 1. The molecule has 2 amide bonds. The van der Waals surface area contributed by atoms with Crippen molar-refractivity contribution in [2.75, 3.05) is 26.5 Å². The molecule has 0 spiro atoms. The lowest BCUT2D eigenvalue weighted by Gasteiger charge is -2.12. The van der Waals surface area contributed by atoms with Crippen LogP contribution >= 0.6 is 0 Å². The van der Waals surface area contributed by atoms with Crippen molar-refractivity contribution < 1.29 is 19.2 Å². The third-order valence-corrected chi connectivity index (χ3v) is 4.81. The number of ether oxygens (including phenoxy) is 1. The Morgan fingerprint density at radius 1 is 0.839 bits per heavy atom. The summed E-state index contributed by atoms with van der Waals surface area (Å²) in [5, 5.41) is 5.76. The second-order valence-corrected chi connectivity index (χ2v) is 7.61. The SMILES string of the molecule is COc1ccc(C(=O)Nc2ccccc2C(=O)NCc2ccc(C[NH+](C)C)cc2)cc1. The van der Waals surface area contributed by atoms with Crippen molar-refractivity contribution >= 4 is 17.5 Å². The molecule has 6 nitrogen and oxygen atoms in total. The van der Waals surface area contributed by atoms with Crippen LogP contribution < -0.4 is 20.3 Å². The molecular weight excluding hydrogens is 390 g/mol. The molecule has 0 aliphatic carbocycles. The van der Waals surface area contributed by atoms with E-state index in [0.29, 0.717) is 29.1 Å². The highest BCUT2D eigenvalue weighted by molar-refractivity contribution is 6.09. The van der Waals surface area contributed by atoms with Crippen LogP contribution in [0.1, 0.15) is 31.8 Å². The van der Waals surface area contributed by atoms with Gasteiger partial charge in [0.15, 0.2) is 0 Å². The zero-order chi connectivity index (χ0) is 22.2. The molecule has 0 aromatic heterocycles. The van der Waals surface area contributed by atoms with E-state index in [-0.39, 0.29) is 11.8 Å². The molecule has 0 atom stereocenters. The van der Waals surface area contributed by atoms with Gasteiger partial charge in [0, 0.05) is 17.7 Å². The van der Waals surface area contributed by atoms with Gasteiger partial charge in [-0.1, -0.05) is 36.4 Å². The summed E-state index contributed by atoms with van der Waals surface area (Å²) in [5.41, 5.74) is 3.63. The summed E-state index contributed by atoms with van der Waals surface area (Å²) in [6, 6.07) is 22.0. The normalized spacial score (nSPS) is 10.6. The molecule has 3 N–H and O–H groups in total. The Bertz CT molecular complexity index is 1030. The van der Waals surface area contributed by atoms with E-state index in [0.717, 1.165) is 12.1 Å². The lowest BCUT2D eigenvalue weighted by atomic mass is 10.1. The van der Waals surface area contributed by atoms with Gasteiger partial charge in [-0.05, 0) is 42.0 Å². The lowest BCUT2D eigenvalue weighted by molar-refractivity contribution is -0.872. The number of amides is 2. The van der Waals surface area contributed by atoms with Crippen LogP contribution in [0.3, 0.4) is 0 Å². The van der Waals surface area contributed by atoms with Gasteiger partial charge in [0.1, 0.15) is 12.3 Å². The van der Waals surface area contributed by atoms with Crippen LogP contribution in [0.15, 0.2) is 72.8 Å². The topological polar surface area (TPSA) is 71.9 Å². The first kappa shape index (κ1) is 22.1. The molecule has 0 fully saturated rings. The van der Waals surface area contributed by atoms with Gasteiger partial charge in [0.05, 0.1) is 32.5 Å². The summed E-state index contributed by atoms with van der Waals surface area (Å²) in [6.07, 6.45) is 0. The molecular formula is C25H28N3O3+. The minimum Gasteiger partial charge on any atom is -0.497 e. The van der Waals surface area contributed by atoms with Gasteiger partial charge in [-0.3, -0.25) is 9.59 Å². The van der Waals surface area contributed by atoms with Gasteiger partial charge in [0.2, 0.25) is 0 Å². The molecule has 160 valence electrons. The Morgan fingerprint density at radius 2 is 1.48 bits per heavy atom. The molecule has 0 aliphatic rings. The summed E-state index contributed by atoms with van der Waals surface area (Å²) in [5.74, 6) is 0.140. The van der Waals surface area contributed by atoms with Crippen molar-refractivity contribution in [1.82, 2.24) is 5.32 Å². The van der Waals surface area contributed by atoms with Crippen LogP contribution in [-0.4, -0.2) is 33.0 Å². The summed E-state index contributed by atoms with van der Waals surface area (Å²) in [4.78, 5) is 26.7. The lowest BCUT2D eigenvalue weighted by Crippen LogP contribution is -3.04. The fourth-order valence-corrected chi connectivity index (χ4v) is 3.19. The van der Waals surface area contributed by atoms with Gasteiger partial charge in [-0.15, -0.1) is 0 Å². The number of carbonyl (C=O) groups is 2. The molecule has 0 saturated heterocycles. The summed E-state index contributed by atoms with van der Waals surface area (Å²) < 4.78 is 5.12. The van der Waals surface area contributed by atoms with Gasteiger partial charge in [-0.25, -0.2) is 0 Å². The Kier molecular flexibility index (Phi) is 7.40. The molecule has 0 aliphatic heterocycles. The molecule has 0 heterocycles. The van der Waals surface area contributed by atoms with Gasteiger partial charge in [-0.2, -0.15) is 0 Å². The first-order chi connectivity index (χ1) is 15.0. The zero-order valence-corrected chi connectivity index (χ0v) is 18.1.